The van der Waals surface area contributed by atoms with E-state index < -0.39 is 4.92 Å². The molecule has 2 aromatic heterocycles. The SMILES string of the molecule is O=C(c1cc2cccc([N+](=O)[O-])c2[nH]1)N1CCCC(CN2CCN(c3ccccn3)CC2)C1. The van der Waals surface area contributed by atoms with Crippen molar-refractivity contribution in [3.05, 3.63) is 64.5 Å². The van der Waals surface area contributed by atoms with Gasteiger partial charge in [-0.15, -0.1) is 0 Å². The summed E-state index contributed by atoms with van der Waals surface area (Å²) in [7, 11) is 0. The number of carbonyl (C=O) groups excluding carboxylic acids is 1. The molecule has 172 valence electrons. The van der Waals surface area contributed by atoms with Crippen LogP contribution in [0.5, 0.6) is 0 Å². The fraction of sp³-hybridized carbons (Fsp3) is 0.417. The third-order valence-corrected chi connectivity index (χ3v) is 6.73. The Morgan fingerprint density at radius 3 is 2.73 bits per heavy atom. The maximum absolute atomic E-state index is 13.2. The molecule has 9 nitrogen and oxygen atoms in total. The van der Waals surface area contributed by atoms with Gasteiger partial charge in [0.1, 0.15) is 17.0 Å². The normalized spacial score (nSPS) is 19.7. The molecule has 0 radical (unpaired) electrons. The number of fused-ring (bicyclic) bond motifs is 1. The second-order valence-electron chi connectivity index (χ2n) is 8.92. The van der Waals surface area contributed by atoms with Crippen LogP contribution in [0.3, 0.4) is 0 Å². The summed E-state index contributed by atoms with van der Waals surface area (Å²) in [6, 6.07) is 12.6. The molecule has 1 atom stereocenters. The Bertz CT molecular complexity index is 1140. The molecule has 1 amide bonds. The van der Waals surface area contributed by atoms with Gasteiger partial charge in [-0.25, -0.2) is 4.98 Å². The molecule has 4 heterocycles. The van der Waals surface area contributed by atoms with E-state index in [1.165, 1.54) is 6.07 Å². The van der Waals surface area contributed by atoms with Crippen molar-refractivity contribution in [2.45, 2.75) is 12.8 Å². The van der Waals surface area contributed by atoms with Crippen LogP contribution in [0, 0.1) is 16.0 Å². The smallest absolute Gasteiger partial charge is 0.293 e. The predicted molar refractivity (Wildman–Crippen MR) is 126 cm³/mol. The largest absolute Gasteiger partial charge is 0.354 e. The van der Waals surface area contributed by atoms with E-state index in [0.29, 0.717) is 22.5 Å². The highest BCUT2D eigenvalue weighted by atomic mass is 16.6. The van der Waals surface area contributed by atoms with Crippen LogP contribution >= 0.6 is 0 Å². The molecule has 3 aromatic rings. The highest BCUT2D eigenvalue weighted by Gasteiger charge is 2.28. The standard InChI is InChI=1S/C24H28N6O3/c31-24(20-15-19-6-3-7-21(30(32)33)23(19)26-20)29-10-4-5-18(17-29)16-27-11-13-28(14-12-27)22-8-1-2-9-25-22/h1-3,6-9,15,18,26H,4-5,10-14,16-17H2. The third-order valence-electron chi connectivity index (χ3n) is 6.73. The number of nitrogens with zero attached hydrogens (tertiary/aromatic N) is 5. The minimum absolute atomic E-state index is 0.00656. The van der Waals surface area contributed by atoms with Crippen molar-refractivity contribution in [2.24, 2.45) is 5.92 Å². The number of rotatable bonds is 5. The molecule has 2 saturated heterocycles. The maximum Gasteiger partial charge on any atom is 0.293 e. The molecule has 0 aliphatic carbocycles. The number of nitro benzene ring substituents is 1. The maximum atomic E-state index is 13.2. The third kappa shape index (κ3) is 4.54. The van der Waals surface area contributed by atoms with Crippen LogP contribution in [-0.4, -0.2) is 76.4 Å². The molecule has 2 aliphatic heterocycles. The zero-order valence-corrected chi connectivity index (χ0v) is 18.5. The van der Waals surface area contributed by atoms with Crippen molar-refractivity contribution >= 4 is 28.3 Å². The number of benzene rings is 1. The molecule has 5 rings (SSSR count). The number of hydrogen-bond donors (Lipinski definition) is 1. The Kier molecular flexibility index (Phi) is 5.95. The van der Waals surface area contributed by atoms with E-state index in [0.717, 1.165) is 64.5 Å². The van der Waals surface area contributed by atoms with Crippen molar-refractivity contribution in [3.63, 3.8) is 0 Å². The van der Waals surface area contributed by atoms with Crippen LogP contribution in [0.1, 0.15) is 23.3 Å². The average Bonchev–Trinajstić information content (AvgIpc) is 3.29. The first-order valence-corrected chi connectivity index (χ1v) is 11.5. The number of carbonyl (C=O) groups is 1. The number of aromatic nitrogens is 2. The van der Waals surface area contributed by atoms with E-state index in [9.17, 15) is 14.9 Å². The number of hydrogen-bond acceptors (Lipinski definition) is 6. The van der Waals surface area contributed by atoms with Gasteiger partial charge in [-0.1, -0.05) is 18.2 Å². The van der Waals surface area contributed by atoms with Gasteiger partial charge in [0.15, 0.2) is 0 Å². The first kappa shape index (κ1) is 21.4. The second kappa shape index (κ2) is 9.19. The zero-order chi connectivity index (χ0) is 22.8. The van der Waals surface area contributed by atoms with Crippen LogP contribution in [0.25, 0.3) is 10.9 Å². The minimum atomic E-state index is -0.419. The lowest BCUT2D eigenvalue weighted by Gasteiger charge is -2.39. The van der Waals surface area contributed by atoms with Gasteiger partial charge in [-0.05, 0) is 37.0 Å². The van der Waals surface area contributed by atoms with Gasteiger partial charge in [0.2, 0.25) is 0 Å². The molecule has 1 aromatic carbocycles. The van der Waals surface area contributed by atoms with Crippen molar-refractivity contribution < 1.29 is 9.72 Å². The molecule has 0 saturated carbocycles. The number of amides is 1. The van der Waals surface area contributed by atoms with Crippen LogP contribution in [-0.2, 0) is 0 Å². The summed E-state index contributed by atoms with van der Waals surface area (Å²) in [4.78, 5) is 38.2. The van der Waals surface area contributed by atoms with Crippen molar-refractivity contribution in [1.29, 1.82) is 0 Å². The number of piperazine rings is 1. The summed E-state index contributed by atoms with van der Waals surface area (Å²) in [6.45, 7) is 6.33. The zero-order valence-electron chi connectivity index (χ0n) is 18.5. The number of nitrogens with one attached hydrogen (secondary N) is 1. The van der Waals surface area contributed by atoms with E-state index in [1.807, 2.05) is 23.2 Å². The Hall–Kier alpha value is -3.46. The highest BCUT2D eigenvalue weighted by molar-refractivity contribution is 6.00. The Morgan fingerprint density at radius 2 is 1.97 bits per heavy atom. The van der Waals surface area contributed by atoms with E-state index >= 15 is 0 Å². The van der Waals surface area contributed by atoms with Gasteiger partial charge >= 0.3 is 0 Å². The lowest BCUT2D eigenvalue weighted by molar-refractivity contribution is -0.383. The fourth-order valence-electron chi connectivity index (χ4n) is 5.04. The molecule has 1 unspecified atom stereocenters. The summed E-state index contributed by atoms with van der Waals surface area (Å²) >= 11 is 0. The van der Waals surface area contributed by atoms with Crippen molar-refractivity contribution in [3.8, 4) is 0 Å². The number of non-ortho nitro benzene ring substituents is 1. The highest BCUT2D eigenvalue weighted by Crippen LogP contribution is 2.27. The number of piperidine rings is 1. The number of para-hydroxylation sites is 1. The quantitative estimate of drug-likeness (QED) is 0.476. The summed E-state index contributed by atoms with van der Waals surface area (Å²) in [5.41, 5.74) is 0.821. The molecule has 0 bridgehead atoms. The van der Waals surface area contributed by atoms with Crippen LogP contribution in [0.2, 0.25) is 0 Å². The van der Waals surface area contributed by atoms with Gasteiger partial charge in [0, 0.05) is 63.5 Å². The number of H-pyrrole nitrogens is 1. The minimum Gasteiger partial charge on any atom is -0.354 e. The number of anilines is 1. The van der Waals surface area contributed by atoms with E-state index in [-0.39, 0.29) is 11.6 Å². The lowest BCUT2D eigenvalue weighted by atomic mass is 9.96. The van der Waals surface area contributed by atoms with Gasteiger partial charge < -0.3 is 14.8 Å². The average molecular weight is 449 g/mol. The Morgan fingerprint density at radius 1 is 1.12 bits per heavy atom. The van der Waals surface area contributed by atoms with Gasteiger partial charge in [0.25, 0.3) is 11.6 Å². The number of pyridine rings is 1. The fourth-order valence-corrected chi connectivity index (χ4v) is 5.04. The molecule has 2 aliphatic rings. The summed E-state index contributed by atoms with van der Waals surface area (Å²) in [5.74, 6) is 1.39. The molecule has 33 heavy (non-hydrogen) atoms. The van der Waals surface area contributed by atoms with E-state index in [4.69, 9.17) is 0 Å². The monoisotopic (exact) mass is 448 g/mol. The first-order valence-electron chi connectivity index (χ1n) is 11.5. The van der Waals surface area contributed by atoms with E-state index in [1.54, 1.807) is 18.2 Å². The summed E-state index contributed by atoms with van der Waals surface area (Å²) < 4.78 is 0. The number of aromatic amines is 1. The van der Waals surface area contributed by atoms with Gasteiger partial charge in [0.05, 0.1) is 4.92 Å². The molecule has 1 N–H and O–H groups in total. The first-order chi connectivity index (χ1) is 16.1. The second-order valence-corrected chi connectivity index (χ2v) is 8.92. The topological polar surface area (TPSA) is 98.6 Å². The molecule has 2 fully saturated rings. The van der Waals surface area contributed by atoms with Gasteiger partial charge in [-0.2, -0.15) is 0 Å². The molecular weight excluding hydrogens is 420 g/mol. The van der Waals surface area contributed by atoms with Crippen LogP contribution in [0.15, 0.2) is 48.7 Å². The Labute approximate surface area is 192 Å². The molecule has 0 spiro atoms. The van der Waals surface area contributed by atoms with E-state index in [2.05, 4.69) is 25.8 Å². The summed E-state index contributed by atoms with van der Waals surface area (Å²) in [6.07, 6.45) is 3.92. The number of likely N-dealkylation sites (tertiary alicyclic amines) is 1. The predicted octanol–water partition coefficient (Wildman–Crippen LogP) is 3.15. The molecular formula is C24H28N6O3. The van der Waals surface area contributed by atoms with Crippen molar-refractivity contribution in [2.75, 3.05) is 50.7 Å². The summed E-state index contributed by atoms with van der Waals surface area (Å²) in [5, 5.41) is 12.0. The van der Waals surface area contributed by atoms with Crippen molar-refractivity contribution in [1.82, 2.24) is 19.8 Å². The van der Waals surface area contributed by atoms with Gasteiger partial charge in [-0.3, -0.25) is 19.8 Å². The Balaban J connectivity index is 1.20. The number of nitro groups is 1. The lowest BCUT2D eigenvalue weighted by Crippen LogP contribution is -2.50. The molecule has 9 heteroatoms. The van der Waals surface area contributed by atoms with Crippen LogP contribution in [0.4, 0.5) is 11.5 Å². The van der Waals surface area contributed by atoms with Crippen LogP contribution < -0.4 is 4.90 Å².